The number of halogens is 1. The third-order valence-corrected chi connectivity index (χ3v) is 3.71. The van der Waals surface area contributed by atoms with E-state index in [0.717, 1.165) is 6.42 Å². The summed E-state index contributed by atoms with van der Waals surface area (Å²) in [6.07, 6.45) is 1.09. The minimum atomic E-state index is -0.428. The van der Waals surface area contributed by atoms with Crippen LogP contribution >= 0.6 is 0 Å². The molecule has 1 aromatic carbocycles. The van der Waals surface area contributed by atoms with E-state index < -0.39 is 5.82 Å². The second-order valence-electron chi connectivity index (χ2n) is 6.16. The van der Waals surface area contributed by atoms with Crippen LogP contribution in [-0.4, -0.2) is 30.3 Å². The van der Waals surface area contributed by atoms with Crippen molar-refractivity contribution in [3.05, 3.63) is 35.6 Å². The summed E-state index contributed by atoms with van der Waals surface area (Å²) in [6, 6.07) is 6.63. The number of ketones is 1. The molecule has 20 heavy (non-hydrogen) atoms. The molecule has 112 valence electrons. The molecule has 0 N–H and O–H groups in total. The van der Waals surface area contributed by atoms with Gasteiger partial charge in [-0.15, -0.1) is 0 Å². The first-order valence-electron chi connectivity index (χ1n) is 7.31. The average molecular weight is 279 g/mol. The van der Waals surface area contributed by atoms with Gasteiger partial charge in [-0.05, 0) is 38.4 Å². The lowest BCUT2D eigenvalue weighted by atomic mass is 9.97. The zero-order chi connectivity index (χ0) is 15.3. The van der Waals surface area contributed by atoms with E-state index in [-0.39, 0.29) is 17.3 Å². The van der Waals surface area contributed by atoms with Gasteiger partial charge in [-0.1, -0.05) is 32.9 Å². The molecule has 3 heteroatoms. The fourth-order valence-electron chi connectivity index (χ4n) is 2.48. The smallest absolute Gasteiger partial charge is 0.169 e. The Labute approximate surface area is 122 Å². The Morgan fingerprint density at radius 3 is 2.35 bits per heavy atom. The number of carbonyl (C=O) groups is 1. The predicted octanol–water partition coefficient (Wildman–Crippen LogP) is 4.01. The molecule has 0 heterocycles. The number of carbonyl (C=O) groups excluding carboxylic acids is 1. The van der Waals surface area contributed by atoms with Crippen LogP contribution in [0.2, 0.25) is 0 Å². The number of nitrogens with zero attached hydrogens (tertiary/aromatic N) is 1. The fourth-order valence-corrected chi connectivity index (χ4v) is 2.48. The molecular formula is C17H26FNO. The topological polar surface area (TPSA) is 20.3 Å². The summed E-state index contributed by atoms with van der Waals surface area (Å²) in [5.41, 5.74) is 0.199. The zero-order valence-corrected chi connectivity index (χ0v) is 13.2. The molecule has 2 nitrogen and oxygen atoms in total. The third-order valence-electron chi connectivity index (χ3n) is 3.71. The molecule has 0 aliphatic rings. The number of rotatable bonds is 7. The highest BCUT2D eigenvalue weighted by molar-refractivity contribution is 5.98. The van der Waals surface area contributed by atoms with Crippen LogP contribution in [0.1, 0.15) is 44.5 Å². The minimum Gasteiger partial charge on any atom is -0.303 e. The molecule has 0 fully saturated rings. The Morgan fingerprint density at radius 2 is 1.80 bits per heavy atom. The van der Waals surface area contributed by atoms with Crippen molar-refractivity contribution >= 4 is 5.78 Å². The highest BCUT2D eigenvalue weighted by Gasteiger charge is 2.21. The van der Waals surface area contributed by atoms with Crippen molar-refractivity contribution in [1.29, 1.82) is 0 Å². The summed E-state index contributed by atoms with van der Waals surface area (Å²) in [5.74, 6) is -0.120. The van der Waals surface area contributed by atoms with Crippen LogP contribution in [0.3, 0.4) is 0 Å². The monoisotopic (exact) mass is 279 g/mol. The van der Waals surface area contributed by atoms with E-state index in [2.05, 4.69) is 25.7 Å². The predicted molar refractivity (Wildman–Crippen MR) is 81.4 cm³/mol. The zero-order valence-electron chi connectivity index (χ0n) is 13.2. The first kappa shape index (κ1) is 16.8. The van der Waals surface area contributed by atoms with Crippen LogP contribution in [0, 0.1) is 17.7 Å². The number of benzene rings is 1. The van der Waals surface area contributed by atoms with Crippen molar-refractivity contribution in [2.45, 2.75) is 40.2 Å². The van der Waals surface area contributed by atoms with E-state index in [1.165, 1.54) is 6.07 Å². The van der Waals surface area contributed by atoms with Gasteiger partial charge >= 0.3 is 0 Å². The van der Waals surface area contributed by atoms with Gasteiger partial charge in [0.15, 0.2) is 5.78 Å². The van der Waals surface area contributed by atoms with Crippen molar-refractivity contribution in [2.75, 3.05) is 13.6 Å². The summed E-state index contributed by atoms with van der Waals surface area (Å²) in [6.45, 7) is 9.07. The van der Waals surface area contributed by atoms with Crippen molar-refractivity contribution in [3.63, 3.8) is 0 Å². The number of Topliss-reactive ketones (excluding diaryl/α,β-unsaturated/α-hetero) is 1. The van der Waals surface area contributed by atoms with Gasteiger partial charge in [0.1, 0.15) is 5.82 Å². The standard InChI is InChI=1S/C17H26FNO/c1-12(2)10-14(4)19(5)11-13(3)17(20)15-8-6-7-9-16(15)18/h6-9,12-14H,10-11H2,1-5H3. The van der Waals surface area contributed by atoms with Gasteiger partial charge in [0.05, 0.1) is 5.56 Å². The molecule has 1 rings (SSSR count). The van der Waals surface area contributed by atoms with E-state index in [1.54, 1.807) is 18.2 Å². The molecule has 0 saturated carbocycles. The molecule has 0 amide bonds. The second-order valence-corrected chi connectivity index (χ2v) is 6.16. The highest BCUT2D eigenvalue weighted by Crippen LogP contribution is 2.16. The molecular weight excluding hydrogens is 253 g/mol. The van der Waals surface area contributed by atoms with Crippen LogP contribution in [0.4, 0.5) is 4.39 Å². The van der Waals surface area contributed by atoms with Gasteiger partial charge in [-0.3, -0.25) is 4.79 Å². The lowest BCUT2D eigenvalue weighted by Gasteiger charge is -2.28. The summed E-state index contributed by atoms with van der Waals surface area (Å²) in [4.78, 5) is 14.5. The van der Waals surface area contributed by atoms with E-state index in [0.29, 0.717) is 18.5 Å². The van der Waals surface area contributed by atoms with E-state index in [4.69, 9.17) is 0 Å². The van der Waals surface area contributed by atoms with Crippen LogP contribution in [0.25, 0.3) is 0 Å². The van der Waals surface area contributed by atoms with E-state index >= 15 is 0 Å². The van der Waals surface area contributed by atoms with Gasteiger partial charge in [0.25, 0.3) is 0 Å². The van der Waals surface area contributed by atoms with Crippen LogP contribution in [-0.2, 0) is 0 Å². The van der Waals surface area contributed by atoms with Crippen LogP contribution < -0.4 is 0 Å². The lowest BCUT2D eigenvalue weighted by molar-refractivity contribution is 0.0881. The van der Waals surface area contributed by atoms with Gasteiger partial charge < -0.3 is 4.90 Å². The first-order chi connectivity index (χ1) is 9.32. The van der Waals surface area contributed by atoms with Crippen molar-refractivity contribution in [2.24, 2.45) is 11.8 Å². The second kappa shape index (κ2) is 7.53. The number of hydrogen-bond acceptors (Lipinski definition) is 2. The maximum Gasteiger partial charge on any atom is 0.169 e. The summed E-state index contributed by atoms with van der Waals surface area (Å²) in [5, 5.41) is 0. The Balaban J connectivity index is 2.64. The van der Waals surface area contributed by atoms with Gasteiger partial charge in [-0.25, -0.2) is 4.39 Å². The van der Waals surface area contributed by atoms with Gasteiger partial charge in [-0.2, -0.15) is 0 Å². The normalized spacial score (nSPS) is 14.6. The SMILES string of the molecule is CC(C)CC(C)N(C)CC(C)C(=O)c1ccccc1F. The van der Waals surface area contributed by atoms with Crippen LogP contribution in [0.15, 0.2) is 24.3 Å². The highest BCUT2D eigenvalue weighted by atomic mass is 19.1. The Morgan fingerprint density at radius 1 is 1.20 bits per heavy atom. The van der Waals surface area contributed by atoms with Crippen molar-refractivity contribution < 1.29 is 9.18 Å². The largest absolute Gasteiger partial charge is 0.303 e. The molecule has 0 aliphatic carbocycles. The molecule has 2 atom stereocenters. The molecule has 0 aliphatic heterocycles. The Hall–Kier alpha value is -1.22. The molecule has 0 aromatic heterocycles. The molecule has 0 radical (unpaired) electrons. The van der Waals surface area contributed by atoms with Gasteiger partial charge in [0.2, 0.25) is 0 Å². The van der Waals surface area contributed by atoms with Crippen molar-refractivity contribution in [1.82, 2.24) is 4.90 Å². The summed E-state index contributed by atoms with van der Waals surface area (Å²) in [7, 11) is 2.03. The summed E-state index contributed by atoms with van der Waals surface area (Å²) >= 11 is 0. The quantitative estimate of drug-likeness (QED) is 0.703. The number of hydrogen-bond donors (Lipinski definition) is 0. The molecule has 0 spiro atoms. The van der Waals surface area contributed by atoms with Crippen LogP contribution in [0.5, 0.6) is 0 Å². The lowest BCUT2D eigenvalue weighted by Crippen LogP contribution is -2.36. The Bertz CT molecular complexity index is 444. The third kappa shape index (κ3) is 4.71. The maximum atomic E-state index is 13.6. The first-order valence-corrected chi connectivity index (χ1v) is 7.31. The molecule has 2 unspecified atom stereocenters. The summed E-state index contributed by atoms with van der Waals surface area (Å²) < 4.78 is 13.6. The fraction of sp³-hybridized carbons (Fsp3) is 0.588. The Kier molecular flexibility index (Phi) is 6.34. The molecule has 1 aromatic rings. The maximum absolute atomic E-state index is 13.6. The minimum absolute atomic E-state index is 0.119. The van der Waals surface area contributed by atoms with E-state index in [1.807, 2.05) is 14.0 Å². The average Bonchev–Trinajstić information content (AvgIpc) is 2.37. The molecule has 0 saturated heterocycles. The molecule has 0 bridgehead atoms. The van der Waals surface area contributed by atoms with Crippen molar-refractivity contribution in [3.8, 4) is 0 Å². The van der Waals surface area contributed by atoms with E-state index in [9.17, 15) is 9.18 Å². The van der Waals surface area contributed by atoms with Gasteiger partial charge in [0, 0.05) is 18.5 Å².